The molecular formula is C14H18FNO3. The van der Waals surface area contributed by atoms with Crippen molar-refractivity contribution in [2.45, 2.75) is 33.2 Å². The number of hydrogen-bond donors (Lipinski definition) is 2. The van der Waals surface area contributed by atoms with E-state index in [1.165, 1.54) is 12.1 Å². The van der Waals surface area contributed by atoms with E-state index in [0.717, 1.165) is 6.07 Å². The molecule has 2 N–H and O–H groups in total. The molecule has 0 aliphatic heterocycles. The van der Waals surface area contributed by atoms with E-state index in [0.29, 0.717) is 5.56 Å². The number of benzene rings is 1. The number of hydrogen-bond acceptors (Lipinski definition) is 2. The van der Waals surface area contributed by atoms with Gasteiger partial charge in [-0.25, -0.2) is 4.39 Å². The number of aryl methyl sites for hydroxylation is 1. The molecule has 1 rings (SSSR count). The first-order valence-corrected chi connectivity index (χ1v) is 6.10. The summed E-state index contributed by atoms with van der Waals surface area (Å²) in [5.41, 5.74) is 0.882. The Morgan fingerprint density at radius 3 is 2.53 bits per heavy atom. The van der Waals surface area contributed by atoms with Crippen molar-refractivity contribution in [3.8, 4) is 0 Å². The van der Waals surface area contributed by atoms with Crippen molar-refractivity contribution in [1.29, 1.82) is 0 Å². The summed E-state index contributed by atoms with van der Waals surface area (Å²) in [6.07, 6.45) is -0.155. The number of carboxylic acids is 1. The van der Waals surface area contributed by atoms with Gasteiger partial charge in [-0.3, -0.25) is 9.59 Å². The summed E-state index contributed by atoms with van der Waals surface area (Å²) in [5.74, 6) is -1.93. The second kappa shape index (κ2) is 6.31. The normalized spacial score (nSPS) is 12.3. The van der Waals surface area contributed by atoms with Gasteiger partial charge >= 0.3 is 5.97 Å². The molecule has 1 aromatic rings. The summed E-state index contributed by atoms with van der Waals surface area (Å²) in [6.45, 7) is 5.36. The Morgan fingerprint density at radius 2 is 2.00 bits per heavy atom. The van der Waals surface area contributed by atoms with Crippen molar-refractivity contribution < 1.29 is 19.1 Å². The van der Waals surface area contributed by atoms with Crippen molar-refractivity contribution in [2.24, 2.45) is 5.92 Å². The SMILES string of the molecule is Cc1ccc(F)cc1C(=O)NC(CC(=O)O)C(C)C. The maximum Gasteiger partial charge on any atom is 0.305 e. The zero-order valence-corrected chi connectivity index (χ0v) is 11.2. The Balaban J connectivity index is 2.87. The van der Waals surface area contributed by atoms with Crippen LogP contribution in [-0.2, 0) is 4.79 Å². The summed E-state index contributed by atoms with van der Waals surface area (Å²) < 4.78 is 13.1. The first kappa shape index (κ1) is 15.1. The largest absolute Gasteiger partial charge is 0.481 e. The molecule has 0 bridgehead atoms. The number of rotatable bonds is 5. The third kappa shape index (κ3) is 4.35. The molecule has 0 heterocycles. The Labute approximate surface area is 111 Å². The molecule has 4 nitrogen and oxygen atoms in total. The number of carboxylic acid groups (broad SMARTS) is 1. The van der Waals surface area contributed by atoms with E-state index < -0.39 is 23.7 Å². The molecule has 0 radical (unpaired) electrons. The zero-order chi connectivity index (χ0) is 14.6. The van der Waals surface area contributed by atoms with E-state index in [4.69, 9.17) is 5.11 Å². The summed E-state index contributed by atoms with van der Waals surface area (Å²) in [5, 5.41) is 11.4. The molecule has 0 saturated heterocycles. The number of nitrogens with one attached hydrogen (secondary N) is 1. The van der Waals surface area contributed by atoms with Crippen molar-refractivity contribution in [1.82, 2.24) is 5.32 Å². The Kier molecular flexibility index (Phi) is 5.03. The van der Waals surface area contributed by atoms with Crippen molar-refractivity contribution in [2.75, 3.05) is 0 Å². The lowest BCUT2D eigenvalue weighted by molar-refractivity contribution is -0.137. The molecule has 0 fully saturated rings. The van der Waals surface area contributed by atoms with Crippen molar-refractivity contribution in [3.63, 3.8) is 0 Å². The average molecular weight is 267 g/mol. The van der Waals surface area contributed by atoms with Crippen molar-refractivity contribution >= 4 is 11.9 Å². The van der Waals surface area contributed by atoms with Crippen LogP contribution in [0, 0.1) is 18.7 Å². The van der Waals surface area contributed by atoms with Crippen LogP contribution in [0.25, 0.3) is 0 Å². The van der Waals surface area contributed by atoms with Crippen LogP contribution in [0.1, 0.15) is 36.2 Å². The monoisotopic (exact) mass is 267 g/mol. The van der Waals surface area contributed by atoms with Gasteiger partial charge in [-0.05, 0) is 30.5 Å². The maximum atomic E-state index is 13.1. The predicted octanol–water partition coefficient (Wildman–Crippen LogP) is 2.36. The molecule has 0 aliphatic rings. The van der Waals surface area contributed by atoms with Gasteiger partial charge in [0.05, 0.1) is 6.42 Å². The molecular weight excluding hydrogens is 249 g/mol. The molecule has 0 spiro atoms. The first-order valence-electron chi connectivity index (χ1n) is 6.10. The highest BCUT2D eigenvalue weighted by Gasteiger charge is 2.21. The van der Waals surface area contributed by atoms with Crippen LogP contribution in [0.5, 0.6) is 0 Å². The summed E-state index contributed by atoms with van der Waals surface area (Å²) in [6, 6.07) is 3.48. The number of aliphatic carboxylic acids is 1. The standard InChI is InChI=1S/C14H18FNO3/c1-8(2)12(7-13(17)18)16-14(19)11-6-10(15)5-4-9(11)3/h4-6,8,12H,7H2,1-3H3,(H,16,19)(H,17,18). The van der Waals surface area contributed by atoms with Gasteiger partial charge in [-0.2, -0.15) is 0 Å². The molecule has 0 aromatic heterocycles. The topological polar surface area (TPSA) is 66.4 Å². The molecule has 1 aromatic carbocycles. The molecule has 5 heteroatoms. The van der Waals surface area contributed by atoms with Gasteiger partial charge in [0, 0.05) is 11.6 Å². The molecule has 1 unspecified atom stereocenters. The van der Waals surface area contributed by atoms with Crippen LogP contribution in [-0.4, -0.2) is 23.0 Å². The Hall–Kier alpha value is -1.91. The summed E-state index contributed by atoms with van der Waals surface area (Å²) in [4.78, 5) is 22.8. The second-order valence-electron chi connectivity index (χ2n) is 4.88. The van der Waals surface area contributed by atoms with Crippen LogP contribution in [0.4, 0.5) is 4.39 Å². The van der Waals surface area contributed by atoms with Gasteiger partial charge in [0.15, 0.2) is 0 Å². The van der Waals surface area contributed by atoms with Crippen molar-refractivity contribution in [3.05, 3.63) is 35.1 Å². The molecule has 1 amide bonds. The number of carbonyl (C=O) groups is 2. The van der Waals surface area contributed by atoms with Crippen LogP contribution >= 0.6 is 0 Å². The summed E-state index contributed by atoms with van der Waals surface area (Å²) in [7, 11) is 0. The van der Waals surface area contributed by atoms with Gasteiger partial charge in [-0.15, -0.1) is 0 Å². The van der Waals surface area contributed by atoms with E-state index in [-0.39, 0.29) is 17.9 Å². The van der Waals surface area contributed by atoms with Crippen LogP contribution in [0.3, 0.4) is 0 Å². The molecule has 19 heavy (non-hydrogen) atoms. The van der Waals surface area contributed by atoms with Gasteiger partial charge < -0.3 is 10.4 Å². The van der Waals surface area contributed by atoms with E-state index in [9.17, 15) is 14.0 Å². The molecule has 0 aliphatic carbocycles. The molecule has 104 valence electrons. The fraction of sp³-hybridized carbons (Fsp3) is 0.429. The van der Waals surface area contributed by atoms with E-state index in [1.807, 2.05) is 13.8 Å². The highest BCUT2D eigenvalue weighted by molar-refractivity contribution is 5.96. The lowest BCUT2D eigenvalue weighted by atomic mass is 10.00. The van der Waals surface area contributed by atoms with Gasteiger partial charge in [0.25, 0.3) is 5.91 Å². The third-order valence-corrected chi connectivity index (χ3v) is 2.96. The number of amides is 1. The Morgan fingerprint density at radius 1 is 1.37 bits per heavy atom. The fourth-order valence-corrected chi connectivity index (χ4v) is 1.73. The van der Waals surface area contributed by atoms with Gasteiger partial charge in [-0.1, -0.05) is 19.9 Å². The minimum absolute atomic E-state index is 0.0195. The quantitative estimate of drug-likeness (QED) is 0.860. The minimum Gasteiger partial charge on any atom is -0.481 e. The lowest BCUT2D eigenvalue weighted by Crippen LogP contribution is -2.40. The number of halogens is 1. The smallest absolute Gasteiger partial charge is 0.305 e. The molecule has 1 atom stereocenters. The van der Waals surface area contributed by atoms with Gasteiger partial charge in [0.2, 0.25) is 0 Å². The first-order chi connectivity index (χ1) is 8.81. The van der Waals surface area contributed by atoms with Crippen LogP contribution in [0.2, 0.25) is 0 Å². The Bertz CT molecular complexity index is 486. The highest BCUT2D eigenvalue weighted by Crippen LogP contribution is 2.12. The molecule has 0 saturated carbocycles. The highest BCUT2D eigenvalue weighted by atomic mass is 19.1. The maximum absolute atomic E-state index is 13.1. The van der Waals surface area contributed by atoms with E-state index >= 15 is 0 Å². The second-order valence-corrected chi connectivity index (χ2v) is 4.88. The van der Waals surface area contributed by atoms with Crippen LogP contribution < -0.4 is 5.32 Å². The van der Waals surface area contributed by atoms with E-state index in [2.05, 4.69) is 5.32 Å². The average Bonchev–Trinajstić information content (AvgIpc) is 2.30. The summed E-state index contributed by atoms with van der Waals surface area (Å²) >= 11 is 0. The predicted molar refractivity (Wildman–Crippen MR) is 69.5 cm³/mol. The zero-order valence-electron chi connectivity index (χ0n) is 11.2. The van der Waals surface area contributed by atoms with Crippen LogP contribution in [0.15, 0.2) is 18.2 Å². The van der Waals surface area contributed by atoms with Gasteiger partial charge in [0.1, 0.15) is 5.82 Å². The number of carbonyl (C=O) groups excluding carboxylic acids is 1. The lowest BCUT2D eigenvalue weighted by Gasteiger charge is -2.21. The third-order valence-electron chi connectivity index (χ3n) is 2.96. The minimum atomic E-state index is -0.977. The fourth-order valence-electron chi connectivity index (χ4n) is 1.73. The van der Waals surface area contributed by atoms with E-state index in [1.54, 1.807) is 6.92 Å².